The molecule has 6 nitrogen and oxygen atoms in total. The van der Waals surface area contributed by atoms with E-state index in [2.05, 4.69) is 22.9 Å². The molecule has 142 valence electrons. The minimum Gasteiger partial charge on any atom is -0.384 e. The molecule has 2 atom stereocenters. The van der Waals surface area contributed by atoms with E-state index in [1.165, 1.54) is 0 Å². The summed E-state index contributed by atoms with van der Waals surface area (Å²) in [5.41, 5.74) is 1.34. The van der Waals surface area contributed by atoms with E-state index in [-0.39, 0.29) is 23.1 Å². The molecule has 2 amide bonds. The van der Waals surface area contributed by atoms with Crippen molar-refractivity contribution in [3.63, 3.8) is 0 Å². The van der Waals surface area contributed by atoms with Crippen LogP contribution in [0.2, 0.25) is 0 Å². The van der Waals surface area contributed by atoms with Crippen LogP contribution >= 0.6 is 0 Å². The van der Waals surface area contributed by atoms with Crippen molar-refractivity contribution in [2.24, 2.45) is 17.3 Å². The van der Waals surface area contributed by atoms with Gasteiger partial charge in [-0.05, 0) is 62.5 Å². The molecule has 26 heavy (non-hydrogen) atoms. The second-order valence-corrected chi connectivity index (χ2v) is 7.75. The Morgan fingerprint density at radius 3 is 2.46 bits per heavy atom. The monoisotopic (exact) mass is 359 g/mol. The summed E-state index contributed by atoms with van der Waals surface area (Å²) in [7, 11) is 1.71. The smallest absolute Gasteiger partial charge is 0.251 e. The lowest BCUT2D eigenvalue weighted by Crippen LogP contribution is -2.47. The number of carbonyl (C=O) groups excluding carboxylic acids is 2. The highest BCUT2D eigenvalue weighted by Gasteiger charge is 2.39. The van der Waals surface area contributed by atoms with E-state index in [9.17, 15) is 9.59 Å². The van der Waals surface area contributed by atoms with Crippen molar-refractivity contribution in [3.05, 3.63) is 29.8 Å². The third-order valence-corrected chi connectivity index (χ3v) is 5.60. The molecule has 1 aliphatic carbocycles. The summed E-state index contributed by atoms with van der Waals surface area (Å²) >= 11 is 0. The van der Waals surface area contributed by atoms with Crippen LogP contribution in [0.25, 0.3) is 0 Å². The van der Waals surface area contributed by atoms with Gasteiger partial charge >= 0.3 is 0 Å². The van der Waals surface area contributed by atoms with Crippen LogP contribution in [-0.2, 0) is 9.53 Å². The average molecular weight is 359 g/mol. The van der Waals surface area contributed by atoms with Crippen LogP contribution in [0.3, 0.4) is 0 Å². The molecule has 1 aromatic carbocycles. The fraction of sp³-hybridized carbons (Fsp3) is 0.600. The number of rotatable bonds is 7. The molecule has 0 radical (unpaired) electrons. The average Bonchev–Trinajstić information content (AvgIpc) is 3.38. The van der Waals surface area contributed by atoms with Gasteiger partial charge in [-0.15, -0.1) is 0 Å². The van der Waals surface area contributed by atoms with Crippen molar-refractivity contribution in [3.8, 4) is 0 Å². The van der Waals surface area contributed by atoms with Crippen LogP contribution in [0.15, 0.2) is 24.3 Å². The molecule has 2 fully saturated rings. The standard InChI is InChI=1S/C20H29N3O3/c1-14-11-17(14)19(25)23-16-5-3-15(4-6-16)18(24)22-12-20(13-26-2)7-9-21-10-8-20/h3-6,14,17,21H,7-13H2,1-2H3,(H,22,24)(H,23,25). The van der Waals surface area contributed by atoms with Gasteiger partial charge in [0.1, 0.15) is 0 Å². The van der Waals surface area contributed by atoms with E-state index in [0.29, 0.717) is 24.6 Å². The third kappa shape index (κ3) is 4.62. The normalized spacial score (nSPS) is 23.9. The highest BCUT2D eigenvalue weighted by Crippen LogP contribution is 2.38. The van der Waals surface area contributed by atoms with Crippen molar-refractivity contribution in [2.45, 2.75) is 26.2 Å². The summed E-state index contributed by atoms with van der Waals surface area (Å²) in [5.74, 6) is 0.601. The predicted molar refractivity (Wildman–Crippen MR) is 101 cm³/mol. The number of methoxy groups -OCH3 is 1. The maximum Gasteiger partial charge on any atom is 0.251 e. The Balaban J connectivity index is 1.53. The summed E-state index contributed by atoms with van der Waals surface area (Å²) in [6, 6.07) is 7.09. The van der Waals surface area contributed by atoms with Crippen LogP contribution in [0.4, 0.5) is 5.69 Å². The van der Waals surface area contributed by atoms with Gasteiger partial charge in [0.25, 0.3) is 5.91 Å². The first kappa shape index (κ1) is 18.9. The van der Waals surface area contributed by atoms with Crippen molar-refractivity contribution in [1.29, 1.82) is 0 Å². The zero-order valence-electron chi connectivity index (χ0n) is 15.6. The summed E-state index contributed by atoms with van der Waals surface area (Å²) in [6.45, 7) is 5.25. The first-order valence-electron chi connectivity index (χ1n) is 9.42. The Bertz CT molecular complexity index is 633. The lowest BCUT2D eigenvalue weighted by atomic mass is 9.79. The minimum atomic E-state index is -0.0901. The van der Waals surface area contributed by atoms with Gasteiger partial charge in [-0.3, -0.25) is 9.59 Å². The zero-order chi connectivity index (χ0) is 18.6. The number of amides is 2. The molecule has 1 aliphatic heterocycles. The molecule has 3 N–H and O–H groups in total. The maximum absolute atomic E-state index is 12.5. The molecule has 1 heterocycles. The Kier molecular flexibility index (Phi) is 5.94. The molecule has 2 unspecified atom stereocenters. The number of piperidine rings is 1. The molecular formula is C20H29N3O3. The first-order valence-corrected chi connectivity index (χ1v) is 9.42. The van der Waals surface area contributed by atoms with Crippen LogP contribution in [0, 0.1) is 17.3 Å². The molecule has 1 aromatic rings. The second-order valence-electron chi connectivity index (χ2n) is 7.75. The fourth-order valence-electron chi connectivity index (χ4n) is 3.63. The summed E-state index contributed by atoms with van der Waals surface area (Å²) in [5, 5.41) is 9.32. The van der Waals surface area contributed by atoms with E-state index >= 15 is 0 Å². The lowest BCUT2D eigenvalue weighted by Gasteiger charge is -2.37. The largest absolute Gasteiger partial charge is 0.384 e. The molecule has 2 aliphatic rings. The van der Waals surface area contributed by atoms with Crippen molar-refractivity contribution < 1.29 is 14.3 Å². The molecule has 0 bridgehead atoms. The van der Waals surface area contributed by atoms with Gasteiger partial charge in [0, 0.05) is 36.2 Å². The Morgan fingerprint density at radius 1 is 1.23 bits per heavy atom. The molecular weight excluding hydrogens is 330 g/mol. The molecule has 1 saturated heterocycles. The number of hydrogen-bond acceptors (Lipinski definition) is 4. The first-order chi connectivity index (χ1) is 12.5. The number of benzene rings is 1. The van der Waals surface area contributed by atoms with Gasteiger partial charge < -0.3 is 20.7 Å². The minimum absolute atomic E-state index is 0.00450. The van der Waals surface area contributed by atoms with Gasteiger partial charge in [0.2, 0.25) is 5.91 Å². The lowest BCUT2D eigenvalue weighted by molar-refractivity contribution is -0.117. The van der Waals surface area contributed by atoms with E-state index in [1.54, 1.807) is 31.4 Å². The molecule has 1 saturated carbocycles. The van der Waals surface area contributed by atoms with E-state index in [4.69, 9.17) is 4.74 Å². The second kappa shape index (κ2) is 8.18. The van der Waals surface area contributed by atoms with Gasteiger partial charge in [0.05, 0.1) is 6.61 Å². The third-order valence-electron chi connectivity index (χ3n) is 5.60. The van der Waals surface area contributed by atoms with Gasteiger partial charge in [-0.1, -0.05) is 6.92 Å². The number of anilines is 1. The number of carbonyl (C=O) groups is 2. The fourth-order valence-corrected chi connectivity index (χ4v) is 3.63. The van der Waals surface area contributed by atoms with Crippen molar-refractivity contribution in [2.75, 3.05) is 38.7 Å². The summed E-state index contributed by atoms with van der Waals surface area (Å²) in [4.78, 5) is 24.4. The van der Waals surface area contributed by atoms with Crippen LogP contribution in [-0.4, -0.2) is 45.2 Å². The Hall–Kier alpha value is -1.92. The topological polar surface area (TPSA) is 79.5 Å². The highest BCUT2D eigenvalue weighted by molar-refractivity contribution is 5.97. The number of hydrogen-bond donors (Lipinski definition) is 3. The van der Waals surface area contributed by atoms with Crippen LogP contribution in [0.5, 0.6) is 0 Å². The van der Waals surface area contributed by atoms with Gasteiger partial charge in [-0.2, -0.15) is 0 Å². The van der Waals surface area contributed by atoms with Gasteiger partial charge in [0.15, 0.2) is 0 Å². The van der Waals surface area contributed by atoms with Crippen LogP contribution < -0.4 is 16.0 Å². The SMILES string of the molecule is COCC1(CNC(=O)c2ccc(NC(=O)C3CC3C)cc2)CCNCC1. The Labute approximate surface area is 155 Å². The van der Waals surface area contributed by atoms with Crippen LogP contribution in [0.1, 0.15) is 36.5 Å². The van der Waals surface area contributed by atoms with Gasteiger partial charge in [-0.25, -0.2) is 0 Å². The quantitative estimate of drug-likeness (QED) is 0.696. The van der Waals surface area contributed by atoms with E-state index in [0.717, 1.165) is 38.0 Å². The highest BCUT2D eigenvalue weighted by atomic mass is 16.5. The van der Waals surface area contributed by atoms with Crippen molar-refractivity contribution in [1.82, 2.24) is 10.6 Å². The summed E-state index contributed by atoms with van der Waals surface area (Å²) < 4.78 is 5.39. The molecule has 6 heteroatoms. The zero-order valence-corrected chi connectivity index (χ0v) is 15.6. The molecule has 3 rings (SSSR count). The predicted octanol–water partition coefficient (Wildman–Crippen LogP) is 2.03. The van der Waals surface area contributed by atoms with E-state index < -0.39 is 0 Å². The maximum atomic E-state index is 12.5. The molecule has 0 aromatic heterocycles. The summed E-state index contributed by atoms with van der Waals surface area (Å²) in [6.07, 6.45) is 2.95. The van der Waals surface area contributed by atoms with Crippen molar-refractivity contribution >= 4 is 17.5 Å². The molecule has 0 spiro atoms. The van der Waals surface area contributed by atoms with E-state index in [1.807, 2.05) is 0 Å². The number of nitrogens with one attached hydrogen (secondary N) is 3. The Morgan fingerprint density at radius 2 is 1.88 bits per heavy atom. The number of ether oxygens (including phenoxy) is 1.